The lowest BCUT2D eigenvalue weighted by atomic mass is 10.2. The number of fused-ring (bicyclic) bond motifs is 3. The molecular weight excluding hydrogens is 420 g/mol. The normalized spacial score (nSPS) is 17.3. The summed E-state index contributed by atoms with van der Waals surface area (Å²) in [7, 11) is -3.95. The van der Waals surface area contributed by atoms with E-state index in [0.717, 1.165) is 25.5 Å². The number of anilines is 2. The van der Waals surface area contributed by atoms with Crippen LogP contribution in [0.2, 0.25) is 0 Å². The minimum atomic E-state index is -3.95. The summed E-state index contributed by atoms with van der Waals surface area (Å²) in [5.41, 5.74) is 2.04. The van der Waals surface area contributed by atoms with Gasteiger partial charge in [0.2, 0.25) is 0 Å². The van der Waals surface area contributed by atoms with Crippen LogP contribution in [0.25, 0.3) is 0 Å². The summed E-state index contributed by atoms with van der Waals surface area (Å²) in [5, 5.41) is 10.8. The molecule has 0 saturated carbocycles. The first-order chi connectivity index (χ1) is 14.5. The van der Waals surface area contributed by atoms with Gasteiger partial charge in [0, 0.05) is 9.79 Å². The van der Waals surface area contributed by atoms with Gasteiger partial charge in [-0.3, -0.25) is 4.79 Å². The molecule has 0 fully saturated rings. The molecule has 1 unspecified atom stereocenters. The lowest BCUT2D eigenvalue weighted by molar-refractivity contribution is 0.0801. The predicted molar refractivity (Wildman–Crippen MR) is 115 cm³/mol. The third-order valence-electron chi connectivity index (χ3n) is 5.21. The smallest absolute Gasteiger partial charge is 0.269 e. The Morgan fingerprint density at radius 3 is 2.03 bits per heavy atom. The molecule has 8 heteroatoms. The van der Waals surface area contributed by atoms with Crippen molar-refractivity contribution < 1.29 is 18.3 Å². The third kappa shape index (κ3) is 2.99. The van der Waals surface area contributed by atoms with Crippen LogP contribution in [0.5, 0.6) is 0 Å². The number of benzene rings is 3. The highest BCUT2D eigenvalue weighted by molar-refractivity contribution is 7.99. The number of β-amino-alcohol motifs (C(OH)–C–C–N with tert-alkyl or cyclic N) is 1. The molecule has 152 valence electrons. The molecule has 2 heterocycles. The number of rotatable bonds is 4. The second-order valence-corrected chi connectivity index (χ2v) is 10.1. The van der Waals surface area contributed by atoms with Crippen molar-refractivity contribution in [2.75, 3.05) is 18.0 Å². The lowest BCUT2D eigenvalue weighted by Gasteiger charge is -2.34. The number of hydrogen-bond acceptors (Lipinski definition) is 6. The van der Waals surface area contributed by atoms with Crippen molar-refractivity contribution in [1.82, 2.24) is 4.31 Å². The SMILES string of the molecule is O=C1c2ccccc2S(=O)(=O)N1CC(O)CN1c2ccccc2Sc2ccccc21. The zero-order valence-corrected chi connectivity index (χ0v) is 17.4. The number of amides is 1. The minimum absolute atomic E-state index is 0.00716. The molecule has 1 atom stereocenters. The molecule has 6 nitrogen and oxygen atoms in total. The van der Waals surface area contributed by atoms with Gasteiger partial charge in [0.1, 0.15) is 4.90 Å². The van der Waals surface area contributed by atoms with Gasteiger partial charge in [0.25, 0.3) is 15.9 Å². The van der Waals surface area contributed by atoms with Gasteiger partial charge in [-0.2, -0.15) is 0 Å². The van der Waals surface area contributed by atoms with Crippen LogP contribution in [0.1, 0.15) is 10.4 Å². The first-order valence-corrected chi connectivity index (χ1v) is 11.7. The van der Waals surface area contributed by atoms with E-state index in [1.54, 1.807) is 23.9 Å². The molecule has 1 N–H and O–H groups in total. The number of carbonyl (C=O) groups is 1. The number of para-hydroxylation sites is 2. The van der Waals surface area contributed by atoms with E-state index in [9.17, 15) is 18.3 Å². The third-order valence-corrected chi connectivity index (χ3v) is 8.15. The molecule has 30 heavy (non-hydrogen) atoms. The van der Waals surface area contributed by atoms with E-state index in [4.69, 9.17) is 0 Å². The van der Waals surface area contributed by atoms with Gasteiger partial charge in [0.15, 0.2) is 0 Å². The maximum Gasteiger partial charge on any atom is 0.269 e. The van der Waals surface area contributed by atoms with Crippen molar-refractivity contribution in [3.8, 4) is 0 Å². The van der Waals surface area contributed by atoms with Gasteiger partial charge in [0.05, 0.1) is 36.1 Å². The quantitative estimate of drug-likeness (QED) is 0.672. The van der Waals surface area contributed by atoms with E-state index in [1.165, 1.54) is 12.1 Å². The fraction of sp³-hybridized carbons (Fsp3) is 0.136. The molecule has 0 saturated heterocycles. The highest BCUT2D eigenvalue weighted by Gasteiger charge is 2.42. The summed E-state index contributed by atoms with van der Waals surface area (Å²) in [6, 6.07) is 21.9. The number of aliphatic hydroxyl groups excluding tert-OH is 1. The monoisotopic (exact) mass is 438 g/mol. The molecular formula is C22H18N2O4S2. The highest BCUT2D eigenvalue weighted by atomic mass is 32.2. The molecule has 1 amide bonds. The molecule has 0 spiro atoms. The Kier molecular flexibility index (Phi) is 4.57. The number of aliphatic hydroxyl groups is 1. The van der Waals surface area contributed by atoms with Crippen LogP contribution >= 0.6 is 11.8 Å². The predicted octanol–water partition coefficient (Wildman–Crippen LogP) is 3.49. The van der Waals surface area contributed by atoms with E-state index in [2.05, 4.69) is 0 Å². The Bertz CT molecular complexity index is 1210. The zero-order chi connectivity index (χ0) is 20.9. The fourth-order valence-corrected chi connectivity index (χ4v) is 6.55. The second kappa shape index (κ2) is 7.16. The largest absolute Gasteiger partial charge is 0.389 e. The van der Waals surface area contributed by atoms with E-state index < -0.39 is 22.0 Å². The molecule has 0 aromatic heterocycles. The van der Waals surface area contributed by atoms with Gasteiger partial charge in [-0.05, 0) is 36.4 Å². The van der Waals surface area contributed by atoms with Gasteiger partial charge in [-0.15, -0.1) is 0 Å². The number of carbonyl (C=O) groups excluding carboxylic acids is 1. The Morgan fingerprint density at radius 2 is 1.40 bits per heavy atom. The van der Waals surface area contributed by atoms with Crippen molar-refractivity contribution in [3.63, 3.8) is 0 Å². The molecule has 3 aromatic carbocycles. The van der Waals surface area contributed by atoms with Crippen LogP contribution < -0.4 is 4.90 Å². The first kappa shape index (κ1) is 19.2. The Labute approximate surface area is 178 Å². The van der Waals surface area contributed by atoms with Crippen molar-refractivity contribution in [3.05, 3.63) is 78.4 Å². The van der Waals surface area contributed by atoms with Crippen LogP contribution in [-0.2, 0) is 10.0 Å². The molecule has 2 aliphatic heterocycles. The van der Waals surface area contributed by atoms with Gasteiger partial charge in [-0.25, -0.2) is 12.7 Å². The minimum Gasteiger partial charge on any atom is -0.389 e. The zero-order valence-electron chi connectivity index (χ0n) is 15.8. The van der Waals surface area contributed by atoms with Gasteiger partial charge in [-0.1, -0.05) is 48.2 Å². The van der Waals surface area contributed by atoms with Crippen LogP contribution in [0, 0.1) is 0 Å². The van der Waals surface area contributed by atoms with Crippen LogP contribution in [-0.4, -0.2) is 42.9 Å². The molecule has 0 bridgehead atoms. The van der Waals surface area contributed by atoms with E-state index >= 15 is 0 Å². The number of sulfonamides is 1. The Balaban J connectivity index is 1.43. The van der Waals surface area contributed by atoms with Gasteiger partial charge >= 0.3 is 0 Å². The fourth-order valence-electron chi connectivity index (χ4n) is 3.85. The summed E-state index contributed by atoms with van der Waals surface area (Å²) in [6.45, 7) is -0.145. The van der Waals surface area contributed by atoms with E-state index in [0.29, 0.717) is 0 Å². The molecule has 2 aliphatic rings. The maximum atomic E-state index is 12.8. The second-order valence-electron chi connectivity index (χ2n) is 7.14. The summed E-state index contributed by atoms with van der Waals surface area (Å²) in [5.74, 6) is -0.598. The van der Waals surface area contributed by atoms with Gasteiger partial charge < -0.3 is 10.0 Å². The average Bonchev–Trinajstić information content (AvgIpc) is 2.94. The standard InChI is InChI=1S/C22H18N2O4S2/c25-15(14-24-22(26)16-7-1-6-12-21(16)30(24,27)28)13-23-17-8-2-4-10-19(17)29-20-11-5-3-9-18(20)23/h1-12,15,25H,13-14H2. The number of nitrogens with zero attached hydrogens (tertiary/aromatic N) is 2. The number of hydrogen-bond donors (Lipinski definition) is 1. The van der Waals surface area contributed by atoms with E-state index in [1.807, 2.05) is 53.4 Å². The van der Waals surface area contributed by atoms with Crippen molar-refractivity contribution in [2.45, 2.75) is 20.8 Å². The summed E-state index contributed by atoms with van der Waals surface area (Å²) >= 11 is 1.65. The first-order valence-electron chi connectivity index (χ1n) is 9.44. The van der Waals surface area contributed by atoms with Crippen molar-refractivity contribution >= 4 is 39.1 Å². The van der Waals surface area contributed by atoms with Crippen LogP contribution in [0.3, 0.4) is 0 Å². The molecule has 0 radical (unpaired) electrons. The van der Waals surface area contributed by atoms with Crippen molar-refractivity contribution in [1.29, 1.82) is 0 Å². The topological polar surface area (TPSA) is 77.9 Å². The van der Waals surface area contributed by atoms with Crippen molar-refractivity contribution in [2.24, 2.45) is 0 Å². The summed E-state index contributed by atoms with van der Waals surface area (Å²) < 4.78 is 26.4. The lowest BCUT2D eigenvalue weighted by Crippen LogP contribution is -2.42. The summed E-state index contributed by atoms with van der Waals surface area (Å²) in [6.07, 6.45) is -1.07. The Hall–Kier alpha value is -2.81. The molecule has 0 aliphatic carbocycles. The molecule has 5 rings (SSSR count). The average molecular weight is 439 g/mol. The highest BCUT2D eigenvalue weighted by Crippen LogP contribution is 2.47. The van der Waals surface area contributed by atoms with Crippen LogP contribution in [0.15, 0.2) is 87.5 Å². The Morgan fingerprint density at radius 1 is 0.833 bits per heavy atom. The van der Waals surface area contributed by atoms with Crippen LogP contribution in [0.4, 0.5) is 11.4 Å². The van der Waals surface area contributed by atoms with E-state index in [-0.39, 0.29) is 23.5 Å². The molecule has 3 aromatic rings. The maximum absolute atomic E-state index is 12.8. The summed E-state index contributed by atoms with van der Waals surface area (Å²) in [4.78, 5) is 16.7.